The van der Waals surface area contributed by atoms with Crippen LogP contribution in [0.1, 0.15) is 19.9 Å². The predicted octanol–water partition coefficient (Wildman–Crippen LogP) is 2.60. The van der Waals surface area contributed by atoms with E-state index in [1.165, 1.54) is 11.7 Å². The molecule has 96 valence electrons. The van der Waals surface area contributed by atoms with Gasteiger partial charge in [-0.05, 0) is 37.6 Å². The van der Waals surface area contributed by atoms with Crippen molar-refractivity contribution in [1.82, 2.24) is 9.13 Å². The number of carbonyl (C=O) groups is 1. The molecular formula is C12H13ClN2O3. The van der Waals surface area contributed by atoms with Crippen molar-refractivity contribution in [2.45, 2.75) is 19.9 Å². The Morgan fingerprint density at radius 1 is 1.33 bits per heavy atom. The summed E-state index contributed by atoms with van der Waals surface area (Å²) in [6.45, 7) is 3.74. The summed E-state index contributed by atoms with van der Waals surface area (Å²) in [5.41, 5.74) is 0.672. The molecule has 1 heterocycles. The van der Waals surface area contributed by atoms with Gasteiger partial charge in [-0.25, -0.2) is 9.36 Å². The maximum absolute atomic E-state index is 12.2. The molecule has 0 aliphatic carbocycles. The summed E-state index contributed by atoms with van der Waals surface area (Å²) in [4.78, 5) is 23.5. The summed E-state index contributed by atoms with van der Waals surface area (Å²) in [5, 5.41) is -0.822. The Kier molecular flexibility index (Phi) is 3.17. The molecule has 0 amide bonds. The molecule has 2 aromatic rings. The molecule has 0 atom stereocenters. The molecule has 0 aliphatic rings. The van der Waals surface area contributed by atoms with Crippen molar-refractivity contribution in [2.75, 3.05) is 7.11 Å². The van der Waals surface area contributed by atoms with Gasteiger partial charge in [-0.2, -0.15) is 0 Å². The molecular weight excluding hydrogens is 256 g/mol. The van der Waals surface area contributed by atoms with Gasteiger partial charge in [-0.1, -0.05) is 0 Å². The minimum Gasteiger partial charge on any atom is -0.497 e. The van der Waals surface area contributed by atoms with Crippen LogP contribution in [0.2, 0.25) is 0 Å². The van der Waals surface area contributed by atoms with Crippen LogP contribution in [0.15, 0.2) is 23.0 Å². The molecule has 1 aromatic heterocycles. The number of aromatic nitrogens is 2. The van der Waals surface area contributed by atoms with E-state index in [4.69, 9.17) is 16.3 Å². The van der Waals surface area contributed by atoms with E-state index in [1.807, 2.05) is 13.8 Å². The third-order valence-electron chi connectivity index (χ3n) is 2.77. The number of hydrogen-bond donors (Lipinski definition) is 0. The second-order valence-corrected chi connectivity index (χ2v) is 4.51. The topological polar surface area (TPSA) is 53.2 Å². The molecule has 0 aliphatic heterocycles. The summed E-state index contributed by atoms with van der Waals surface area (Å²) in [6, 6.07) is 5.04. The molecule has 2 rings (SSSR count). The lowest BCUT2D eigenvalue weighted by molar-refractivity contribution is 0.261. The van der Waals surface area contributed by atoms with Crippen LogP contribution in [-0.4, -0.2) is 21.6 Å². The minimum atomic E-state index is -0.822. The van der Waals surface area contributed by atoms with Crippen molar-refractivity contribution in [1.29, 1.82) is 0 Å². The standard InChI is InChI=1S/C12H13ClN2O3/c1-7(2)14-9-5-4-8(18-3)6-10(9)15(11(13)16)12(14)17/h4-7H,1-3H3. The molecule has 6 heteroatoms. The third kappa shape index (κ3) is 1.80. The van der Waals surface area contributed by atoms with Gasteiger partial charge in [-0.15, -0.1) is 0 Å². The Morgan fingerprint density at radius 3 is 2.50 bits per heavy atom. The van der Waals surface area contributed by atoms with Crippen molar-refractivity contribution in [3.8, 4) is 5.75 Å². The van der Waals surface area contributed by atoms with Crippen LogP contribution >= 0.6 is 11.6 Å². The zero-order valence-corrected chi connectivity index (χ0v) is 11.1. The molecule has 0 saturated heterocycles. The van der Waals surface area contributed by atoms with Crippen LogP contribution < -0.4 is 10.4 Å². The Balaban J connectivity index is 2.93. The van der Waals surface area contributed by atoms with E-state index in [-0.39, 0.29) is 6.04 Å². The van der Waals surface area contributed by atoms with E-state index >= 15 is 0 Å². The Hall–Kier alpha value is -1.75. The van der Waals surface area contributed by atoms with E-state index in [2.05, 4.69) is 0 Å². The van der Waals surface area contributed by atoms with Gasteiger partial charge in [0, 0.05) is 12.1 Å². The highest BCUT2D eigenvalue weighted by Gasteiger charge is 2.19. The highest BCUT2D eigenvalue weighted by Crippen LogP contribution is 2.22. The monoisotopic (exact) mass is 268 g/mol. The quantitative estimate of drug-likeness (QED) is 0.787. The van der Waals surface area contributed by atoms with Gasteiger partial charge in [0.05, 0.1) is 18.1 Å². The summed E-state index contributed by atoms with van der Waals surface area (Å²) in [7, 11) is 1.52. The summed E-state index contributed by atoms with van der Waals surface area (Å²) in [6.07, 6.45) is 0. The highest BCUT2D eigenvalue weighted by molar-refractivity contribution is 6.63. The van der Waals surface area contributed by atoms with Crippen LogP contribution in [0.3, 0.4) is 0 Å². The van der Waals surface area contributed by atoms with Gasteiger partial charge >= 0.3 is 11.1 Å². The molecule has 5 nitrogen and oxygen atoms in total. The maximum atomic E-state index is 12.2. The zero-order valence-electron chi connectivity index (χ0n) is 10.3. The number of benzene rings is 1. The third-order valence-corrected chi connectivity index (χ3v) is 2.94. The lowest BCUT2D eigenvalue weighted by atomic mass is 10.2. The van der Waals surface area contributed by atoms with Gasteiger partial charge in [0.25, 0.3) is 0 Å². The first-order chi connectivity index (χ1) is 8.47. The van der Waals surface area contributed by atoms with E-state index < -0.39 is 11.1 Å². The average Bonchev–Trinajstić information content (AvgIpc) is 2.59. The first kappa shape index (κ1) is 12.7. The van der Waals surface area contributed by atoms with Gasteiger partial charge < -0.3 is 4.74 Å². The number of ether oxygens (including phenoxy) is 1. The Morgan fingerprint density at radius 2 is 2.00 bits per heavy atom. The number of carbonyl (C=O) groups excluding carboxylic acids is 1. The number of imidazole rings is 1. The Bertz CT molecular complexity index is 670. The van der Waals surface area contributed by atoms with Gasteiger partial charge in [0.15, 0.2) is 0 Å². The van der Waals surface area contributed by atoms with E-state index in [0.717, 1.165) is 4.57 Å². The highest BCUT2D eigenvalue weighted by atomic mass is 35.5. The fourth-order valence-electron chi connectivity index (χ4n) is 2.00. The second kappa shape index (κ2) is 4.49. The average molecular weight is 269 g/mol. The lowest BCUT2D eigenvalue weighted by Gasteiger charge is -2.06. The van der Waals surface area contributed by atoms with Gasteiger partial charge in [0.2, 0.25) is 0 Å². The van der Waals surface area contributed by atoms with Crippen LogP contribution in [0.5, 0.6) is 5.75 Å². The van der Waals surface area contributed by atoms with E-state index in [1.54, 1.807) is 18.2 Å². The number of nitrogens with zero attached hydrogens (tertiary/aromatic N) is 2. The molecule has 0 N–H and O–H groups in total. The van der Waals surface area contributed by atoms with Crippen LogP contribution in [0.4, 0.5) is 4.79 Å². The van der Waals surface area contributed by atoms with Crippen LogP contribution in [-0.2, 0) is 0 Å². The SMILES string of the molecule is COc1ccc2c(c1)n(C(=O)Cl)c(=O)n2C(C)C. The van der Waals surface area contributed by atoms with Crippen molar-refractivity contribution in [2.24, 2.45) is 0 Å². The number of rotatable bonds is 2. The van der Waals surface area contributed by atoms with Crippen molar-refractivity contribution >= 4 is 28.0 Å². The first-order valence-corrected chi connectivity index (χ1v) is 5.86. The van der Waals surface area contributed by atoms with Crippen LogP contribution in [0, 0.1) is 0 Å². The fourth-order valence-corrected chi connectivity index (χ4v) is 2.16. The predicted molar refractivity (Wildman–Crippen MR) is 69.8 cm³/mol. The molecule has 0 fully saturated rings. The van der Waals surface area contributed by atoms with Crippen LogP contribution in [0.25, 0.3) is 11.0 Å². The number of fused-ring (bicyclic) bond motifs is 1. The molecule has 0 spiro atoms. The molecule has 1 aromatic carbocycles. The Labute approximate surface area is 109 Å². The van der Waals surface area contributed by atoms with Gasteiger partial charge in [0.1, 0.15) is 5.75 Å². The van der Waals surface area contributed by atoms with Crippen molar-refractivity contribution < 1.29 is 9.53 Å². The number of halogens is 1. The summed E-state index contributed by atoms with van der Waals surface area (Å²) < 4.78 is 7.55. The minimum absolute atomic E-state index is 0.0642. The number of methoxy groups -OCH3 is 1. The summed E-state index contributed by atoms with van der Waals surface area (Å²) >= 11 is 5.47. The molecule has 0 unspecified atom stereocenters. The van der Waals surface area contributed by atoms with E-state index in [0.29, 0.717) is 16.8 Å². The summed E-state index contributed by atoms with van der Waals surface area (Å²) in [5.74, 6) is 0.565. The van der Waals surface area contributed by atoms with Crippen molar-refractivity contribution in [3.05, 3.63) is 28.7 Å². The smallest absolute Gasteiger partial charge is 0.337 e. The van der Waals surface area contributed by atoms with Gasteiger partial charge in [-0.3, -0.25) is 9.36 Å². The molecule has 0 radical (unpaired) electrons. The maximum Gasteiger partial charge on any atom is 0.337 e. The first-order valence-electron chi connectivity index (χ1n) is 5.48. The fraction of sp³-hybridized carbons (Fsp3) is 0.333. The normalized spacial score (nSPS) is 11.2. The zero-order chi connectivity index (χ0) is 13.4. The van der Waals surface area contributed by atoms with Crippen molar-refractivity contribution in [3.63, 3.8) is 0 Å². The molecule has 0 bridgehead atoms. The molecule has 0 saturated carbocycles. The largest absolute Gasteiger partial charge is 0.497 e. The second-order valence-electron chi connectivity index (χ2n) is 4.19. The van der Waals surface area contributed by atoms with E-state index in [9.17, 15) is 9.59 Å². The number of hydrogen-bond acceptors (Lipinski definition) is 3. The molecule has 18 heavy (non-hydrogen) atoms. The lowest BCUT2D eigenvalue weighted by Crippen LogP contribution is -2.27.